The highest BCUT2D eigenvalue weighted by molar-refractivity contribution is 6.10. The van der Waals surface area contributed by atoms with Crippen molar-refractivity contribution in [2.24, 2.45) is 5.92 Å². The highest BCUT2D eigenvalue weighted by atomic mass is 16.5. The van der Waals surface area contributed by atoms with Crippen molar-refractivity contribution in [1.29, 1.82) is 0 Å². The van der Waals surface area contributed by atoms with Gasteiger partial charge in [-0.25, -0.2) is 4.79 Å². The van der Waals surface area contributed by atoms with Gasteiger partial charge in [-0.15, -0.1) is 0 Å². The Hall–Kier alpha value is -2.57. The van der Waals surface area contributed by atoms with Crippen LogP contribution in [0.25, 0.3) is 0 Å². The van der Waals surface area contributed by atoms with E-state index in [-0.39, 0.29) is 18.4 Å². The molecule has 1 aromatic rings. The number of hydrogen-bond donors (Lipinski definition) is 2. The minimum Gasteiger partial charge on any atom is -0.495 e. The van der Waals surface area contributed by atoms with E-state index in [9.17, 15) is 14.4 Å². The summed E-state index contributed by atoms with van der Waals surface area (Å²) in [5.41, 5.74) is 0.632. The first-order valence-electron chi connectivity index (χ1n) is 8.96. The van der Waals surface area contributed by atoms with E-state index >= 15 is 0 Å². The van der Waals surface area contributed by atoms with E-state index in [1.807, 2.05) is 19.9 Å². The molecule has 0 unspecified atom stereocenters. The molecule has 4 amide bonds. The molecule has 7 heteroatoms. The number of nitrogens with zero attached hydrogens (tertiary/aromatic N) is 1. The number of methoxy groups -OCH3 is 1. The first-order valence-corrected chi connectivity index (χ1v) is 8.96. The smallest absolute Gasteiger partial charge is 0.325 e. The second-order valence-corrected chi connectivity index (χ2v) is 7.19. The van der Waals surface area contributed by atoms with Crippen LogP contribution in [0.15, 0.2) is 18.2 Å². The number of imide groups is 1. The molecule has 0 bridgehead atoms. The fourth-order valence-corrected chi connectivity index (χ4v) is 3.89. The molecule has 1 aromatic carbocycles. The normalized spacial score (nSPS) is 25.3. The van der Waals surface area contributed by atoms with Gasteiger partial charge < -0.3 is 15.4 Å². The van der Waals surface area contributed by atoms with Crippen molar-refractivity contribution >= 4 is 23.5 Å². The summed E-state index contributed by atoms with van der Waals surface area (Å²) in [4.78, 5) is 38.7. The predicted molar refractivity (Wildman–Crippen MR) is 97.0 cm³/mol. The fourth-order valence-electron chi connectivity index (χ4n) is 3.89. The van der Waals surface area contributed by atoms with Crippen LogP contribution in [0.2, 0.25) is 0 Å². The van der Waals surface area contributed by atoms with E-state index in [0.29, 0.717) is 17.9 Å². The molecule has 0 aromatic heterocycles. The Kier molecular flexibility index (Phi) is 4.89. The molecule has 1 saturated carbocycles. The lowest BCUT2D eigenvalue weighted by Crippen LogP contribution is -2.54. The zero-order chi connectivity index (χ0) is 18.9. The van der Waals surface area contributed by atoms with Gasteiger partial charge in [-0.2, -0.15) is 0 Å². The summed E-state index contributed by atoms with van der Waals surface area (Å²) in [6, 6.07) is 4.93. The number of urea groups is 1. The number of rotatable bonds is 4. The number of amides is 4. The molecule has 1 aliphatic carbocycles. The predicted octanol–water partition coefficient (Wildman–Crippen LogP) is 2.44. The molecule has 3 rings (SSSR count). The monoisotopic (exact) mass is 359 g/mol. The first kappa shape index (κ1) is 18.2. The number of anilines is 1. The van der Waals surface area contributed by atoms with Crippen molar-refractivity contribution in [3.05, 3.63) is 23.8 Å². The van der Waals surface area contributed by atoms with Gasteiger partial charge in [0.25, 0.3) is 5.91 Å². The van der Waals surface area contributed by atoms with Crippen LogP contribution in [0.4, 0.5) is 10.5 Å². The average Bonchev–Trinajstić information content (AvgIpc) is 2.83. The van der Waals surface area contributed by atoms with Crippen LogP contribution >= 0.6 is 0 Å². The lowest BCUT2D eigenvalue weighted by Gasteiger charge is -2.36. The van der Waals surface area contributed by atoms with Gasteiger partial charge >= 0.3 is 6.03 Å². The van der Waals surface area contributed by atoms with E-state index < -0.39 is 17.5 Å². The van der Waals surface area contributed by atoms with Crippen molar-refractivity contribution in [2.45, 2.75) is 45.1 Å². The summed E-state index contributed by atoms with van der Waals surface area (Å²) in [6.45, 7) is 3.58. The molecule has 2 atom stereocenters. The lowest BCUT2D eigenvalue weighted by molar-refractivity contribution is -0.136. The van der Waals surface area contributed by atoms with E-state index in [4.69, 9.17) is 4.74 Å². The zero-order valence-corrected chi connectivity index (χ0v) is 15.4. The fraction of sp³-hybridized carbons (Fsp3) is 0.526. The molecule has 26 heavy (non-hydrogen) atoms. The summed E-state index contributed by atoms with van der Waals surface area (Å²) in [5.74, 6) is -0.130. The zero-order valence-electron chi connectivity index (χ0n) is 15.4. The Bertz CT molecular complexity index is 748. The summed E-state index contributed by atoms with van der Waals surface area (Å²) >= 11 is 0. The third kappa shape index (κ3) is 3.13. The lowest BCUT2D eigenvalue weighted by atomic mass is 9.73. The largest absolute Gasteiger partial charge is 0.495 e. The van der Waals surface area contributed by atoms with Crippen molar-refractivity contribution in [3.8, 4) is 5.75 Å². The minimum atomic E-state index is -0.851. The van der Waals surface area contributed by atoms with Gasteiger partial charge in [-0.05, 0) is 43.4 Å². The molecule has 140 valence electrons. The van der Waals surface area contributed by atoms with Crippen molar-refractivity contribution in [2.75, 3.05) is 19.0 Å². The number of benzene rings is 1. The van der Waals surface area contributed by atoms with Crippen LogP contribution in [0.5, 0.6) is 5.75 Å². The third-order valence-corrected chi connectivity index (χ3v) is 5.43. The molecule has 7 nitrogen and oxygen atoms in total. The van der Waals surface area contributed by atoms with Gasteiger partial charge in [0.2, 0.25) is 5.91 Å². The quantitative estimate of drug-likeness (QED) is 0.809. The maximum absolute atomic E-state index is 12.9. The molecule has 1 spiro atoms. The summed E-state index contributed by atoms with van der Waals surface area (Å²) in [7, 11) is 1.52. The molecule has 0 radical (unpaired) electrons. The van der Waals surface area contributed by atoms with Gasteiger partial charge in [0, 0.05) is 0 Å². The van der Waals surface area contributed by atoms with Crippen molar-refractivity contribution in [1.82, 2.24) is 10.2 Å². The van der Waals surface area contributed by atoms with E-state index in [0.717, 1.165) is 29.7 Å². The Morgan fingerprint density at radius 3 is 2.85 bits per heavy atom. The topological polar surface area (TPSA) is 87.7 Å². The number of hydrogen-bond acceptors (Lipinski definition) is 4. The Labute approximate surface area is 153 Å². The van der Waals surface area contributed by atoms with Crippen LogP contribution < -0.4 is 15.4 Å². The van der Waals surface area contributed by atoms with Crippen LogP contribution in [0, 0.1) is 12.8 Å². The van der Waals surface area contributed by atoms with Gasteiger partial charge in [0.05, 0.1) is 12.8 Å². The van der Waals surface area contributed by atoms with E-state index in [1.54, 1.807) is 12.1 Å². The molecule has 2 N–H and O–H groups in total. The first-order chi connectivity index (χ1) is 12.4. The maximum atomic E-state index is 12.9. The van der Waals surface area contributed by atoms with Gasteiger partial charge in [-0.1, -0.05) is 25.8 Å². The SMILES string of the molecule is COc1ccc(C)cc1NC(=O)CN1C(=O)N[C@]2(CCCC[C@@H]2C)C1=O. The number of carbonyl (C=O) groups is 3. The molecule has 1 aliphatic heterocycles. The Morgan fingerprint density at radius 1 is 1.38 bits per heavy atom. The van der Waals surface area contributed by atoms with Crippen molar-refractivity contribution in [3.63, 3.8) is 0 Å². The Morgan fingerprint density at radius 2 is 2.15 bits per heavy atom. The number of carbonyl (C=O) groups excluding carboxylic acids is 3. The van der Waals surface area contributed by atoms with Crippen LogP contribution in [0.1, 0.15) is 38.2 Å². The van der Waals surface area contributed by atoms with Crippen molar-refractivity contribution < 1.29 is 19.1 Å². The summed E-state index contributed by atoms with van der Waals surface area (Å²) in [6.07, 6.45) is 3.48. The highest BCUT2D eigenvalue weighted by Gasteiger charge is 2.55. The standard InChI is InChI=1S/C19H25N3O4/c1-12-7-8-15(26-3)14(10-12)20-16(23)11-22-17(24)19(21-18(22)25)9-5-4-6-13(19)2/h7-8,10,13H,4-6,9,11H2,1-3H3,(H,20,23)(H,21,25)/t13-,19-/m0/s1. The molecular weight excluding hydrogens is 334 g/mol. The molecule has 2 fully saturated rings. The van der Waals surface area contributed by atoms with Gasteiger partial charge in [0.15, 0.2) is 0 Å². The molecular formula is C19H25N3O4. The number of ether oxygens (including phenoxy) is 1. The molecule has 1 heterocycles. The van der Waals surface area contributed by atoms with Crippen LogP contribution in [0.3, 0.4) is 0 Å². The highest BCUT2D eigenvalue weighted by Crippen LogP contribution is 2.38. The summed E-state index contributed by atoms with van der Waals surface area (Å²) in [5, 5.41) is 5.59. The average molecular weight is 359 g/mol. The molecule has 1 saturated heterocycles. The number of aryl methyl sites for hydroxylation is 1. The minimum absolute atomic E-state index is 0.0672. The Balaban J connectivity index is 1.73. The number of nitrogens with one attached hydrogen (secondary N) is 2. The van der Waals surface area contributed by atoms with Gasteiger partial charge in [-0.3, -0.25) is 14.5 Å². The van der Waals surface area contributed by atoms with Gasteiger partial charge in [0.1, 0.15) is 17.8 Å². The molecule has 2 aliphatic rings. The second-order valence-electron chi connectivity index (χ2n) is 7.19. The maximum Gasteiger partial charge on any atom is 0.325 e. The van der Waals surface area contributed by atoms with E-state index in [2.05, 4.69) is 10.6 Å². The van der Waals surface area contributed by atoms with E-state index in [1.165, 1.54) is 7.11 Å². The third-order valence-electron chi connectivity index (χ3n) is 5.43. The summed E-state index contributed by atoms with van der Waals surface area (Å²) < 4.78 is 5.24. The van der Waals surface area contributed by atoms with Crippen LogP contribution in [-0.4, -0.2) is 41.9 Å². The second kappa shape index (κ2) is 6.97. The van der Waals surface area contributed by atoms with Crippen LogP contribution in [-0.2, 0) is 9.59 Å².